The molecule has 6 heteroatoms. The maximum absolute atomic E-state index is 12.1. The lowest BCUT2D eigenvalue weighted by Gasteiger charge is -2.35. The van der Waals surface area contributed by atoms with Gasteiger partial charge < -0.3 is 19.7 Å². The Kier molecular flexibility index (Phi) is 3.55. The number of hydrogen-bond donors (Lipinski definition) is 1. The zero-order valence-electron chi connectivity index (χ0n) is 10.7. The molecule has 1 aliphatic rings. The molecule has 1 aliphatic heterocycles. The maximum atomic E-state index is 12.1. The largest absolute Gasteiger partial charge is 0.367 e. The van der Waals surface area contributed by atoms with Crippen LogP contribution in [0.1, 0.15) is 10.4 Å². The Morgan fingerprint density at radius 3 is 2.28 bits per heavy atom. The number of nitrogens with one attached hydrogen (secondary N) is 1. The monoisotopic (exact) mass is 250 g/mol. The van der Waals surface area contributed by atoms with Crippen molar-refractivity contribution in [2.45, 2.75) is 0 Å². The van der Waals surface area contributed by atoms with Crippen molar-refractivity contribution in [3.8, 4) is 0 Å². The zero-order valence-corrected chi connectivity index (χ0v) is 10.7. The molecule has 1 saturated heterocycles. The molecular weight excluding hydrogens is 232 g/mol. The van der Waals surface area contributed by atoms with Gasteiger partial charge in [-0.2, -0.15) is 0 Å². The summed E-state index contributed by atoms with van der Waals surface area (Å²) in [6.07, 6.45) is 3.43. The molecule has 0 bridgehead atoms. The molecule has 0 aromatic carbocycles. The van der Waals surface area contributed by atoms with Gasteiger partial charge in [-0.15, -0.1) is 0 Å². The molecule has 0 aliphatic carbocycles. The second-order valence-electron chi connectivity index (χ2n) is 4.56. The van der Waals surface area contributed by atoms with Crippen molar-refractivity contribution >= 4 is 11.9 Å². The van der Waals surface area contributed by atoms with Crippen LogP contribution in [0.3, 0.4) is 0 Å². The third kappa shape index (κ3) is 2.47. The summed E-state index contributed by atoms with van der Waals surface area (Å²) in [6, 6.07) is 1.77. The highest BCUT2D eigenvalue weighted by molar-refractivity contribution is 5.94. The van der Waals surface area contributed by atoms with Crippen LogP contribution in [0.25, 0.3) is 0 Å². The molecular formula is C12H18N4O2. The molecule has 0 saturated carbocycles. The third-order valence-corrected chi connectivity index (χ3v) is 3.06. The van der Waals surface area contributed by atoms with E-state index in [9.17, 15) is 9.59 Å². The summed E-state index contributed by atoms with van der Waals surface area (Å²) >= 11 is 0. The Morgan fingerprint density at radius 2 is 1.78 bits per heavy atom. The van der Waals surface area contributed by atoms with Crippen LogP contribution in [-0.2, 0) is 0 Å². The molecule has 2 heterocycles. The van der Waals surface area contributed by atoms with Crippen molar-refractivity contribution in [1.29, 1.82) is 0 Å². The summed E-state index contributed by atoms with van der Waals surface area (Å²) < 4.78 is 0. The van der Waals surface area contributed by atoms with E-state index in [0.717, 1.165) is 0 Å². The molecule has 1 N–H and O–H groups in total. The number of H-pyrrole nitrogens is 1. The van der Waals surface area contributed by atoms with Gasteiger partial charge >= 0.3 is 6.03 Å². The smallest absolute Gasteiger partial charge is 0.319 e. The van der Waals surface area contributed by atoms with E-state index >= 15 is 0 Å². The van der Waals surface area contributed by atoms with Gasteiger partial charge in [0.1, 0.15) is 0 Å². The minimum absolute atomic E-state index is 0.00347. The Hall–Kier alpha value is -1.98. The highest BCUT2D eigenvalue weighted by Crippen LogP contribution is 2.09. The van der Waals surface area contributed by atoms with E-state index in [0.29, 0.717) is 31.7 Å². The minimum Gasteiger partial charge on any atom is -0.367 e. The second-order valence-corrected chi connectivity index (χ2v) is 4.56. The summed E-state index contributed by atoms with van der Waals surface area (Å²) in [6.45, 7) is 2.35. The van der Waals surface area contributed by atoms with E-state index in [1.807, 2.05) is 0 Å². The normalized spacial score (nSPS) is 15.7. The number of amides is 3. The number of piperazine rings is 1. The van der Waals surface area contributed by atoms with Crippen molar-refractivity contribution < 1.29 is 9.59 Å². The van der Waals surface area contributed by atoms with E-state index in [4.69, 9.17) is 0 Å². The average Bonchev–Trinajstić information content (AvgIpc) is 2.91. The molecule has 1 aromatic heterocycles. The van der Waals surface area contributed by atoms with Crippen LogP contribution in [-0.4, -0.2) is 71.9 Å². The number of carbonyl (C=O) groups is 2. The number of carbonyl (C=O) groups excluding carboxylic acids is 2. The van der Waals surface area contributed by atoms with E-state index in [-0.39, 0.29) is 11.9 Å². The topological polar surface area (TPSA) is 59.7 Å². The minimum atomic E-state index is 0.00347. The van der Waals surface area contributed by atoms with Crippen LogP contribution in [0, 0.1) is 0 Å². The van der Waals surface area contributed by atoms with Crippen molar-refractivity contribution in [2.24, 2.45) is 0 Å². The van der Waals surface area contributed by atoms with Crippen LogP contribution < -0.4 is 0 Å². The first-order valence-corrected chi connectivity index (χ1v) is 5.98. The molecule has 1 fully saturated rings. The molecule has 98 valence electrons. The molecule has 0 atom stereocenters. The lowest BCUT2D eigenvalue weighted by Crippen LogP contribution is -2.52. The first-order valence-electron chi connectivity index (χ1n) is 5.98. The van der Waals surface area contributed by atoms with Crippen molar-refractivity contribution in [2.75, 3.05) is 40.3 Å². The number of aromatic amines is 1. The first-order chi connectivity index (χ1) is 8.59. The van der Waals surface area contributed by atoms with Crippen molar-refractivity contribution in [1.82, 2.24) is 19.7 Å². The first kappa shape index (κ1) is 12.5. The van der Waals surface area contributed by atoms with Gasteiger partial charge in [0.2, 0.25) is 0 Å². The van der Waals surface area contributed by atoms with Crippen LogP contribution in [0.2, 0.25) is 0 Å². The van der Waals surface area contributed by atoms with E-state index in [1.54, 1.807) is 47.3 Å². The average molecular weight is 250 g/mol. The van der Waals surface area contributed by atoms with Crippen LogP contribution in [0.5, 0.6) is 0 Å². The van der Waals surface area contributed by atoms with Gasteiger partial charge in [-0.25, -0.2) is 4.79 Å². The number of rotatable bonds is 1. The molecule has 0 unspecified atom stereocenters. The van der Waals surface area contributed by atoms with Gasteiger partial charge in [0.15, 0.2) is 0 Å². The number of nitrogens with zero attached hydrogens (tertiary/aromatic N) is 3. The molecule has 2 rings (SSSR count). The van der Waals surface area contributed by atoms with E-state index in [2.05, 4.69) is 4.98 Å². The van der Waals surface area contributed by atoms with E-state index < -0.39 is 0 Å². The highest BCUT2D eigenvalue weighted by Gasteiger charge is 2.25. The SMILES string of the molecule is CN(C)C(=O)N1CCN(C(=O)c2cc[nH]c2)CC1. The number of urea groups is 1. The van der Waals surface area contributed by atoms with Crippen LogP contribution in [0.4, 0.5) is 4.79 Å². The second kappa shape index (κ2) is 5.12. The van der Waals surface area contributed by atoms with Crippen molar-refractivity contribution in [3.63, 3.8) is 0 Å². The Balaban J connectivity index is 1.91. The van der Waals surface area contributed by atoms with Gasteiger partial charge in [-0.3, -0.25) is 4.79 Å². The van der Waals surface area contributed by atoms with Gasteiger partial charge in [0.25, 0.3) is 5.91 Å². The molecule has 1 aromatic rings. The summed E-state index contributed by atoms with van der Waals surface area (Å²) in [4.78, 5) is 31.8. The third-order valence-electron chi connectivity index (χ3n) is 3.06. The fraction of sp³-hybridized carbons (Fsp3) is 0.500. The van der Waals surface area contributed by atoms with Crippen LogP contribution >= 0.6 is 0 Å². The zero-order chi connectivity index (χ0) is 13.1. The Bertz CT molecular complexity index is 419. The Morgan fingerprint density at radius 1 is 1.17 bits per heavy atom. The Labute approximate surface area is 106 Å². The molecule has 3 amide bonds. The highest BCUT2D eigenvalue weighted by atomic mass is 16.2. The maximum Gasteiger partial charge on any atom is 0.319 e. The summed E-state index contributed by atoms with van der Waals surface area (Å²) in [5.41, 5.74) is 0.669. The lowest BCUT2D eigenvalue weighted by atomic mass is 10.2. The lowest BCUT2D eigenvalue weighted by molar-refractivity contribution is 0.0650. The standard InChI is InChI=1S/C12H18N4O2/c1-14(2)12(18)16-7-5-15(6-8-16)11(17)10-3-4-13-9-10/h3-4,9,13H,5-8H2,1-2H3. The fourth-order valence-corrected chi connectivity index (χ4v) is 2.02. The van der Waals surface area contributed by atoms with Gasteiger partial charge in [0, 0.05) is 52.7 Å². The molecule has 6 nitrogen and oxygen atoms in total. The number of hydrogen-bond acceptors (Lipinski definition) is 2. The van der Waals surface area contributed by atoms with Gasteiger partial charge in [-0.1, -0.05) is 0 Å². The molecule has 0 spiro atoms. The predicted octanol–water partition coefficient (Wildman–Crippen LogP) is 0.454. The summed E-state index contributed by atoms with van der Waals surface area (Å²) in [5.74, 6) is 0.0215. The van der Waals surface area contributed by atoms with E-state index in [1.165, 1.54) is 0 Å². The summed E-state index contributed by atoms with van der Waals surface area (Å²) in [7, 11) is 3.47. The van der Waals surface area contributed by atoms with Crippen molar-refractivity contribution in [3.05, 3.63) is 24.0 Å². The number of aromatic nitrogens is 1. The van der Waals surface area contributed by atoms with Gasteiger partial charge in [-0.05, 0) is 6.07 Å². The van der Waals surface area contributed by atoms with Gasteiger partial charge in [0.05, 0.1) is 5.56 Å². The van der Waals surface area contributed by atoms with Crippen LogP contribution in [0.15, 0.2) is 18.5 Å². The predicted molar refractivity (Wildman–Crippen MR) is 67.4 cm³/mol. The molecule has 18 heavy (non-hydrogen) atoms. The fourth-order valence-electron chi connectivity index (χ4n) is 2.02. The quantitative estimate of drug-likeness (QED) is 0.787. The molecule has 0 radical (unpaired) electrons. The summed E-state index contributed by atoms with van der Waals surface area (Å²) in [5, 5.41) is 0.